The van der Waals surface area contributed by atoms with Gasteiger partial charge in [0.1, 0.15) is 11.5 Å². The number of rotatable bonds is 6. The van der Waals surface area contributed by atoms with Crippen molar-refractivity contribution in [2.45, 2.75) is 72.8 Å². The first kappa shape index (κ1) is 22.3. The third kappa shape index (κ3) is 4.50. The number of aliphatic imine (C=N–C) groups is 1. The number of allylic oxidation sites excluding steroid dienone is 1. The van der Waals surface area contributed by atoms with E-state index in [1.54, 1.807) is 0 Å². The van der Waals surface area contributed by atoms with Gasteiger partial charge in [-0.15, -0.1) is 0 Å². The summed E-state index contributed by atoms with van der Waals surface area (Å²) in [6.45, 7) is 12.3. The zero-order valence-corrected chi connectivity index (χ0v) is 19.0. The van der Waals surface area contributed by atoms with E-state index in [1.807, 2.05) is 52.0 Å². The van der Waals surface area contributed by atoms with Crippen molar-refractivity contribution in [3.8, 4) is 5.75 Å². The summed E-state index contributed by atoms with van der Waals surface area (Å²) in [5.41, 5.74) is 2.69. The summed E-state index contributed by atoms with van der Waals surface area (Å²) in [5, 5.41) is 0. The average molecular weight is 412 g/mol. The first-order chi connectivity index (χ1) is 14.1. The minimum atomic E-state index is -0.456. The molecule has 1 heterocycles. The van der Waals surface area contributed by atoms with Crippen molar-refractivity contribution in [1.29, 1.82) is 0 Å². The second-order valence-electron chi connectivity index (χ2n) is 9.38. The van der Waals surface area contributed by atoms with E-state index in [-0.39, 0.29) is 23.3 Å². The topological polar surface area (TPSA) is 65.0 Å². The van der Waals surface area contributed by atoms with E-state index in [4.69, 9.17) is 14.5 Å². The molecular weight excluding hydrogens is 378 g/mol. The maximum absolute atomic E-state index is 13.4. The van der Waals surface area contributed by atoms with Gasteiger partial charge in [-0.1, -0.05) is 39.0 Å². The van der Waals surface area contributed by atoms with Crippen LogP contribution in [0.2, 0.25) is 0 Å². The summed E-state index contributed by atoms with van der Waals surface area (Å²) in [4.78, 5) is 31.2. The number of hydrogen-bond donors (Lipinski definition) is 0. The van der Waals surface area contributed by atoms with Gasteiger partial charge in [0.05, 0.1) is 24.2 Å². The van der Waals surface area contributed by atoms with Gasteiger partial charge in [0.2, 0.25) is 0 Å². The molecule has 30 heavy (non-hydrogen) atoms. The van der Waals surface area contributed by atoms with Crippen LogP contribution in [-0.2, 0) is 14.3 Å². The van der Waals surface area contributed by atoms with Crippen LogP contribution in [-0.4, -0.2) is 30.2 Å². The fourth-order valence-corrected chi connectivity index (χ4v) is 4.57. The SMILES string of the molecule is CCCOC(=O)C1=C(C)N=C2CC(C)(C)CC(=O)[C@H]2[C@H]1c1ccccc1OC(C)C. The lowest BCUT2D eigenvalue weighted by Crippen LogP contribution is -2.44. The van der Waals surface area contributed by atoms with E-state index in [0.717, 1.165) is 24.1 Å². The molecule has 1 aromatic rings. The maximum atomic E-state index is 13.4. The number of Topliss-reactive ketones (excluding diaryl/α,β-unsaturated/α-hetero) is 1. The van der Waals surface area contributed by atoms with Crippen LogP contribution in [0.25, 0.3) is 0 Å². The monoisotopic (exact) mass is 411 g/mol. The van der Waals surface area contributed by atoms with Gasteiger partial charge in [-0.3, -0.25) is 9.79 Å². The smallest absolute Gasteiger partial charge is 0.336 e. The van der Waals surface area contributed by atoms with E-state index in [2.05, 4.69) is 13.8 Å². The fourth-order valence-electron chi connectivity index (χ4n) is 4.57. The van der Waals surface area contributed by atoms with Crippen LogP contribution < -0.4 is 4.74 Å². The standard InChI is InChI=1S/C25H33NO4/c1-7-12-29-24(28)21-16(4)26-18-13-25(5,6)14-19(27)23(18)22(21)17-10-8-9-11-20(17)30-15(2)3/h8-11,15,22-23H,7,12-14H2,1-6H3/t22-,23-/m0/s1. The van der Waals surface area contributed by atoms with Gasteiger partial charge in [-0.25, -0.2) is 4.79 Å². The molecule has 1 aliphatic carbocycles. The molecule has 0 amide bonds. The Morgan fingerprint density at radius 3 is 2.57 bits per heavy atom. The van der Waals surface area contributed by atoms with Crippen LogP contribution >= 0.6 is 0 Å². The lowest BCUT2D eigenvalue weighted by atomic mass is 9.63. The summed E-state index contributed by atoms with van der Waals surface area (Å²) >= 11 is 0. The quantitative estimate of drug-likeness (QED) is 0.600. The molecule has 0 spiro atoms. The zero-order valence-electron chi connectivity index (χ0n) is 19.0. The molecule has 2 atom stereocenters. The average Bonchev–Trinajstić information content (AvgIpc) is 2.64. The Labute approximate surface area is 179 Å². The number of carbonyl (C=O) groups excluding carboxylic acids is 2. The molecule has 162 valence electrons. The van der Waals surface area contributed by atoms with Gasteiger partial charge < -0.3 is 9.47 Å². The van der Waals surface area contributed by atoms with Crippen LogP contribution in [0.15, 0.2) is 40.5 Å². The van der Waals surface area contributed by atoms with Crippen molar-refractivity contribution in [3.05, 3.63) is 41.1 Å². The largest absolute Gasteiger partial charge is 0.491 e. The number of para-hydroxylation sites is 1. The Morgan fingerprint density at radius 2 is 1.90 bits per heavy atom. The maximum Gasteiger partial charge on any atom is 0.336 e. The molecule has 0 aromatic heterocycles. The van der Waals surface area contributed by atoms with E-state index < -0.39 is 11.8 Å². The Balaban J connectivity index is 2.17. The minimum absolute atomic E-state index is 0.0237. The number of hydrogen-bond acceptors (Lipinski definition) is 5. The lowest BCUT2D eigenvalue weighted by molar-refractivity contribution is -0.139. The predicted molar refractivity (Wildman–Crippen MR) is 118 cm³/mol. The van der Waals surface area contributed by atoms with Crippen LogP contribution in [0, 0.1) is 11.3 Å². The van der Waals surface area contributed by atoms with E-state index in [1.165, 1.54) is 0 Å². The molecule has 0 radical (unpaired) electrons. The van der Waals surface area contributed by atoms with Gasteiger partial charge >= 0.3 is 5.97 Å². The number of ether oxygens (including phenoxy) is 2. The molecule has 2 aliphatic rings. The number of nitrogens with zero attached hydrogens (tertiary/aromatic N) is 1. The number of carbonyl (C=O) groups is 2. The van der Waals surface area contributed by atoms with Gasteiger partial charge in [0.25, 0.3) is 0 Å². The number of benzene rings is 1. The van der Waals surface area contributed by atoms with Crippen molar-refractivity contribution >= 4 is 17.5 Å². The summed E-state index contributed by atoms with van der Waals surface area (Å²) in [7, 11) is 0. The Kier molecular flexibility index (Phi) is 6.49. The molecule has 0 unspecified atom stereocenters. The predicted octanol–water partition coefficient (Wildman–Crippen LogP) is 5.24. The van der Waals surface area contributed by atoms with Gasteiger partial charge in [0, 0.05) is 29.3 Å². The third-order valence-electron chi connectivity index (χ3n) is 5.64. The highest BCUT2D eigenvalue weighted by molar-refractivity contribution is 6.12. The van der Waals surface area contributed by atoms with Crippen LogP contribution in [0.4, 0.5) is 0 Å². The summed E-state index contributed by atoms with van der Waals surface area (Å²) in [6.07, 6.45) is 1.92. The number of fused-ring (bicyclic) bond motifs is 1. The highest BCUT2D eigenvalue weighted by Gasteiger charge is 2.48. The molecular formula is C25H33NO4. The summed E-state index contributed by atoms with van der Waals surface area (Å²) < 4.78 is 11.6. The van der Waals surface area contributed by atoms with Crippen LogP contribution in [0.1, 0.15) is 72.3 Å². The number of esters is 1. The summed E-state index contributed by atoms with van der Waals surface area (Å²) in [6, 6.07) is 7.70. The molecule has 0 bridgehead atoms. The first-order valence-corrected chi connectivity index (χ1v) is 10.9. The van der Waals surface area contributed by atoms with E-state index in [9.17, 15) is 9.59 Å². The highest BCUT2D eigenvalue weighted by atomic mass is 16.5. The molecule has 1 aromatic carbocycles. The molecule has 0 N–H and O–H groups in total. The lowest BCUT2D eigenvalue weighted by Gasteiger charge is -2.41. The van der Waals surface area contributed by atoms with Crippen molar-refractivity contribution < 1.29 is 19.1 Å². The Hall–Kier alpha value is -2.43. The second kappa shape index (κ2) is 8.75. The Bertz CT molecular complexity index is 894. The second-order valence-corrected chi connectivity index (χ2v) is 9.38. The van der Waals surface area contributed by atoms with Crippen molar-refractivity contribution in [3.63, 3.8) is 0 Å². The zero-order chi connectivity index (χ0) is 22.1. The van der Waals surface area contributed by atoms with Gasteiger partial charge in [-0.2, -0.15) is 0 Å². The van der Waals surface area contributed by atoms with Crippen molar-refractivity contribution in [2.75, 3.05) is 6.61 Å². The fraction of sp³-hybridized carbons (Fsp3) is 0.560. The van der Waals surface area contributed by atoms with Gasteiger partial charge in [0.15, 0.2) is 0 Å². The minimum Gasteiger partial charge on any atom is -0.491 e. The Morgan fingerprint density at radius 1 is 1.20 bits per heavy atom. The van der Waals surface area contributed by atoms with Gasteiger partial charge in [-0.05, 0) is 45.1 Å². The van der Waals surface area contributed by atoms with E-state index >= 15 is 0 Å². The molecule has 1 saturated carbocycles. The molecule has 1 fully saturated rings. The third-order valence-corrected chi connectivity index (χ3v) is 5.64. The normalized spacial score (nSPS) is 23.2. The van der Waals surface area contributed by atoms with E-state index in [0.29, 0.717) is 30.0 Å². The molecule has 3 rings (SSSR count). The first-order valence-electron chi connectivity index (χ1n) is 10.9. The molecule has 5 nitrogen and oxygen atoms in total. The van der Waals surface area contributed by atoms with Crippen molar-refractivity contribution in [2.24, 2.45) is 16.3 Å². The highest BCUT2D eigenvalue weighted by Crippen LogP contribution is 2.48. The summed E-state index contributed by atoms with van der Waals surface area (Å²) in [5.74, 6) is -0.463. The molecule has 5 heteroatoms. The van der Waals surface area contributed by atoms with Crippen LogP contribution in [0.3, 0.4) is 0 Å². The number of ketones is 1. The molecule has 1 aliphatic heterocycles. The van der Waals surface area contributed by atoms with Crippen molar-refractivity contribution in [1.82, 2.24) is 0 Å². The van der Waals surface area contributed by atoms with Crippen LogP contribution in [0.5, 0.6) is 5.75 Å². The molecule has 0 saturated heterocycles.